The fourth-order valence-electron chi connectivity index (χ4n) is 3.48. The van der Waals surface area contributed by atoms with Crippen LogP contribution in [0.4, 0.5) is 0 Å². The van der Waals surface area contributed by atoms with Crippen LogP contribution in [0.2, 0.25) is 36.3 Å². The Morgan fingerprint density at radius 1 is 0.931 bits per heavy atom. The van der Waals surface area contributed by atoms with Gasteiger partial charge in [-0.1, -0.05) is 54.9 Å². The summed E-state index contributed by atoms with van der Waals surface area (Å²) in [5, 5.41) is 10.6. The van der Waals surface area contributed by atoms with Crippen molar-refractivity contribution >= 4 is 16.6 Å². The highest BCUT2D eigenvalue weighted by molar-refractivity contribution is 6.74. The molecule has 1 rings (SSSR count). The maximum Gasteiger partial charge on any atom is 0.192 e. The third kappa shape index (κ3) is 5.26. The summed E-state index contributed by atoms with van der Waals surface area (Å²) in [6.07, 6.45) is 2.90. The number of hydrogen-bond donors (Lipinski definition) is 0. The first-order valence-electron chi connectivity index (χ1n) is 11.3. The molecule has 0 amide bonds. The van der Waals surface area contributed by atoms with Gasteiger partial charge in [0.2, 0.25) is 0 Å². The molecule has 0 N–H and O–H groups in total. The summed E-state index contributed by atoms with van der Waals surface area (Å²) in [6.45, 7) is 29.2. The molecule has 1 aliphatic carbocycles. The van der Waals surface area contributed by atoms with Crippen LogP contribution in [0, 0.1) is 16.7 Å². The second-order valence-corrected chi connectivity index (χ2v) is 21.7. The van der Waals surface area contributed by atoms with Crippen LogP contribution in [0.15, 0.2) is 11.1 Å². The molecule has 0 bridgehead atoms. The molecule has 0 fully saturated rings. The molecule has 3 atom stereocenters. The Balaban J connectivity index is 3.49. The van der Waals surface area contributed by atoms with Gasteiger partial charge in [-0.25, -0.2) is 0 Å². The molecule has 0 heterocycles. The molecule has 0 saturated heterocycles. The van der Waals surface area contributed by atoms with Crippen molar-refractivity contribution in [3.63, 3.8) is 0 Å². The quantitative estimate of drug-likeness (QED) is 0.301. The van der Waals surface area contributed by atoms with Crippen LogP contribution in [-0.2, 0) is 8.85 Å². The summed E-state index contributed by atoms with van der Waals surface area (Å²) in [5.74, 6) is 0. The number of nitrogens with zero attached hydrogens (tertiary/aromatic N) is 1. The van der Waals surface area contributed by atoms with Crippen LogP contribution in [0.5, 0.6) is 0 Å². The van der Waals surface area contributed by atoms with Gasteiger partial charge < -0.3 is 8.85 Å². The maximum absolute atomic E-state index is 10.4. The average molecular weight is 438 g/mol. The molecule has 0 aromatic carbocycles. The van der Waals surface area contributed by atoms with Crippen molar-refractivity contribution in [1.29, 1.82) is 5.26 Å². The molecule has 5 heteroatoms. The average Bonchev–Trinajstić information content (AvgIpc) is 2.72. The SMILES string of the molecule is CCCCC1=C(C)[C@H](O[Si](C)(C)C(C)(C)C)[C@@](C)(C#N)[C@@H]1O[Si](C)(C)C(C)(C)C. The van der Waals surface area contributed by atoms with E-state index in [-0.39, 0.29) is 22.3 Å². The first kappa shape index (κ1) is 26.6. The minimum absolute atomic E-state index is 0.103. The van der Waals surface area contributed by atoms with Gasteiger partial charge in [-0.15, -0.1) is 0 Å². The number of rotatable bonds is 7. The highest BCUT2D eigenvalue weighted by Gasteiger charge is 2.57. The lowest BCUT2D eigenvalue weighted by Crippen LogP contribution is -2.52. The molecule has 0 unspecified atom stereocenters. The van der Waals surface area contributed by atoms with Crippen molar-refractivity contribution in [3.8, 4) is 6.07 Å². The standard InChI is InChI=1S/C24H47NO2Si2/c1-14-15-16-19-18(2)20(26-28(10,11)22(3,4)5)24(9,17-25)21(19)27-29(12,13)23(6,7)8/h20-21H,14-16H2,1-13H3/t20-,21+,24+/m0/s1. The first-order valence-corrected chi connectivity index (χ1v) is 17.1. The van der Waals surface area contributed by atoms with Crippen LogP contribution < -0.4 is 0 Å². The second-order valence-electron chi connectivity index (χ2n) is 12.2. The van der Waals surface area contributed by atoms with Crippen molar-refractivity contribution in [3.05, 3.63) is 11.1 Å². The van der Waals surface area contributed by atoms with Gasteiger partial charge in [0.15, 0.2) is 16.6 Å². The molecule has 168 valence electrons. The smallest absolute Gasteiger partial charge is 0.192 e. The van der Waals surface area contributed by atoms with Gasteiger partial charge in [0.1, 0.15) is 5.41 Å². The zero-order chi connectivity index (χ0) is 23.1. The molecular formula is C24H47NO2Si2. The van der Waals surface area contributed by atoms with Gasteiger partial charge in [0.25, 0.3) is 0 Å². The summed E-state index contributed by atoms with van der Waals surface area (Å²) in [6, 6.07) is 2.68. The van der Waals surface area contributed by atoms with E-state index in [0.29, 0.717) is 0 Å². The summed E-state index contributed by atoms with van der Waals surface area (Å²) >= 11 is 0. The lowest BCUT2D eigenvalue weighted by molar-refractivity contribution is 0.0469. The van der Waals surface area contributed by atoms with E-state index in [1.807, 2.05) is 0 Å². The van der Waals surface area contributed by atoms with Gasteiger partial charge in [0, 0.05) is 0 Å². The monoisotopic (exact) mass is 437 g/mol. The Kier molecular flexibility index (Phi) is 7.90. The highest BCUT2D eigenvalue weighted by atomic mass is 28.4. The molecule has 0 aliphatic heterocycles. The molecule has 0 radical (unpaired) electrons. The number of unbranched alkanes of at least 4 members (excludes halogenated alkanes) is 1. The third-order valence-corrected chi connectivity index (χ3v) is 16.7. The fourth-order valence-corrected chi connectivity index (χ4v) is 6.18. The van der Waals surface area contributed by atoms with Crippen molar-refractivity contribution in [2.24, 2.45) is 5.41 Å². The first-order chi connectivity index (χ1) is 12.9. The molecular weight excluding hydrogens is 390 g/mol. The number of nitriles is 1. The van der Waals surface area contributed by atoms with Gasteiger partial charge in [-0.2, -0.15) is 5.26 Å². The molecule has 0 aromatic heterocycles. The minimum atomic E-state index is -2.04. The van der Waals surface area contributed by atoms with E-state index >= 15 is 0 Å². The summed E-state index contributed by atoms with van der Waals surface area (Å²) in [7, 11) is -4.07. The highest BCUT2D eigenvalue weighted by Crippen LogP contribution is 2.52. The van der Waals surface area contributed by atoms with E-state index in [0.717, 1.165) is 19.3 Å². The predicted octanol–water partition coefficient (Wildman–Crippen LogP) is 7.82. The zero-order valence-corrected chi connectivity index (χ0v) is 23.5. The molecule has 3 nitrogen and oxygen atoms in total. The second kappa shape index (κ2) is 8.61. The van der Waals surface area contributed by atoms with Crippen molar-refractivity contribution in [1.82, 2.24) is 0 Å². The van der Waals surface area contributed by atoms with E-state index in [9.17, 15) is 5.26 Å². The number of hydrogen-bond acceptors (Lipinski definition) is 3. The topological polar surface area (TPSA) is 42.2 Å². The van der Waals surface area contributed by atoms with Crippen LogP contribution in [0.3, 0.4) is 0 Å². The lowest BCUT2D eigenvalue weighted by Gasteiger charge is -2.45. The summed E-state index contributed by atoms with van der Waals surface area (Å²) in [5.41, 5.74) is 1.89. The van der Waals surface area contributed by atoms with Gasteiger partial charge in [0.05, 0.1) is 18.3 Å². The third-order valence-electron chi connectivity index (χ3n) is 7.78. The molecule has 0 spiro atoms. The normalized spacial score (nSPS) is 26.8. The van der Waals surface area contributed by atoms with E-state index < -0.39 is 22.0 Å². The summed E-state index contributed by atoms with van der Waals surface area (Å²) in [4.78, 5) is 0. The Hall–Kier alpha value is -0.416. The Labute approximate surface area is 183 Å². The van der Waals surface area contributed by atoms with Crippen LogP contribution in [0.1, 0.15) is 81.6 Å². The van der Waals surface area contributed by atoms with E-state index in [1.165, 1.54) is 11.1 Å². The zero-order valence-electron chi connectivity index (χ0n) is 21.5. The predicted molar refractivity (Wildman–Crippen MR) is 130 cm³/mol. The van der Waals surface area contributed by atoms with Crippen LogP contribution in [-0.4, -0.2) is 28.8 Å². The Bertz CT molecular complexity index is 662. The molecule has 0 aromatic rings. The maximum atomic E-state index is 10.4. The summed E-state index contributed by atoms with van der Waals surface area (Å²) < 4.78 is 13.9. The van der Waals surface area contributed by atoms with Gasteiger partial charge in [-0.3, -0.25) is 0 Å². The van der Waals surface area contributed by atoms with Crippen molar-refractivity contribution in [2.45, 2.75) is 130 Å². The Morgan fingerprint density at radius 3 is 1.69 bits per heavy atom. The van der Waals surface area contributed by atoms with Crippen molar-refractivity contribution in [2.75, 3.05) is 0 Å². The van der Waals surface area contributed by atoms with Crippen molar-refractivity contribution < 1.29 is 8.85 Å². The van der Waals surface area contributed by atoms with Gasteiger partial charge in [-0.05, 0) is 74.1 Å². The lowest BCUT2D eigenvalue weighted by atomic mass is 9.83. The van der Waals surface area contributed by atoms with Gasteiger partial charge >= 0.3 is 0 Å². The minimum Gasteiger partial charge on any atom is -0.409 e. The Morgan fingerprint density at radius 2 is 1.34 bits per heavy atom. The molecule has 1 aliphatic rings. The molecule has 0 saturated carbocycles. The largest absolute Gasteiger partial charge is 0.409 e. The molecule has 29 heavy (non-hydrogen) atoms. The van der Waals surface area contributed by atoms with Crippen LogP contribution in [0.25, 0.3) is 0 Å². The fraction of sp³-hybridized carbons (Fsp3) is 0.875. The van der Waals surface area contributed by atoms with E-state index in [1.54, 1.807) is 0 Å². The van der Waals surface area contributed by atoms with E-state index in [2.05, 4.69) is 94.6 Å². The van der Waals surface area contributed by atoms with Crippen LogP contribution >= 0.6 is 0 Å². The van der Waals surface area contributed by atoms with E-state index in [4.69, 9.17) is 8.85 Å².